The Labute approximate surface area is 100.0 Å². The van der Waals surface area contributed by atoms with Crippen molar-refractivity contribution in [2.24, 2.45) is 5.73 Å². The Morgan fingerprint density at radius 3 is 2.82 bits per heavy atom. The molecule has 0 heterocycles. The first-order valence-electron chi connectivity index (χ1n) is 5.39. The highest BCUT2D eigenvalue weighted by molar-refractivity contribution is 5.73. The van der Waals surface area contributed by atoms with E-state index in [0.29, 0.717) is 6.54 Å². The van der Waals surface area contributed by atoms with Gasteiger partial charge >= 0.3 is 0 Å². The molecule has 4 nitrogen and oxygen atoms in total. The van der Waals surface area contributed by atoms with Crippen LogP contribution >= 0.6 is 0 Å². The predicted molar refractivity (Wildman–Crippen MR) is 63.2 cm³/mol. The van der Waals surface area contributed by atoms with E-state index in [0.717, 1.165) is 5.56 Å². The zero-order valence-electron chi connectivity index (χ0n) is 10.00. The van der Waals surface area contributed by atoms with Gasteiger partial charge in [0.1, 0.15) is 0 Å². The topological polar surface area (TPSA) is 64.3 Å². The molecule has 0 aliphatic carbocycles. The van der Waals surface area contributed by atoms with Gasteiger partial charge in [0.25, 0.3) is 0 Å². The van der Waals surface area contributed by atoms with E-state index in [4.69, 9.17) is 10.5 Å². The number of carbonyl (C=O) groups excluding carboxylic acids is 1. The number of carbonyl (C=O) groups is 1. The van der Waals surface area contributed by atoms with Crippen LogP contribution in [0.15, 0.2) is 18.2 Å². The summed E-state index contributed by atoms with van der Waals surface area (Å²) in [5.41, 5.74) is 5.82. The van der Waals surface area contributed by atoms with Crippen molar-refractivity contribution >= 4 is 5.91 Å². The number of amides is 1. The number of hydrogen-bond acceptors (Lipinski definition) is 3. The average molecular weight is 240 g/mol. The molecule has 94 valence electrons. The van der Waals surface area contributed by atoms with Gasteiger partial charge in [-0.1, -0.05) is 6.07 Å². The fraction of sp³-hybridized carbons (Fsp3) is 0.417. The first kappa shape index (κ1) is 13.4. The molecule has 17 heavy (non-hydrogen) atoms. The van der Waals surface area contributed by atoms with Gasteiger partial charge < -0.3 is 15.8 Å². The summed E-state index contributed by atoms with van der Waals surface area (Å²) < 4.78 is 18.3. The summed E-state index contributed by atoms with van der Waals surface area (Å²) in [6, 6.07) is 4.73. The fourth-order valence-corrected chi connectivity index (χ4v) is 1.48. The van der Waals surface area contributed by atoms with Crippen molar-refractivity contribution in [2.45, 2.75) is 19.4 Å². The summed E-state index contributed by atoms with van der Waals surface area (Å²) in [5.74, 6) is -0.530. The second kappa shape index (κ2) is 6.20. The highest BCUT2D eigenvalue weighted by atomic mass is 19.1. The molecule has 0 saturated heterocycles. The summed E-state index contributed by atoms with van der Waals surface area (Å²) in [5, 5.41) is 3.09. The van der Waals surface area contributed by atoms with Gasteiger partial charge in [0.15, 0.2) is 11.6 Å². The van der Waals surface area contributed by atoms with Crippen molar-refractivity contribution in [1.29, 1.82) is 0 Å². The smallest absolute Gasteiger partial charge is 0.218 e. The second-order valence-corrected chi connectivity index (χ2v) is 3.79. The van der Waals surface area contributed by atoms with Crippen molar-refractivity contribution in [3.05, 3.63) is 29.6 Å². The van der Waals surface area contributed by atoms with Gasteiger partial charge in [-0.05, 0) is 24.6 Å². The second-order valence-electron chi connectivity index (χ2n) is 3.79. The maximum atomic E-state index is 13.4. The zero-order chi connectivity index (χ0) is 12.8. The maximum absolute atomic E-state index is 13.4. The molecule has 0 radical (unpaired) electrons. The van der Waals surface area contributed by atoms with Crippen LogP contribution in [-0.2, 0) is 4.79 Å². The van der Waals surface area contributed by atoms with Gasteiger partial charge in [0.05, 0.1) is 7.11 Å². The van der Waals surface area contributed by atoms with Gasteiger partial charge in [-0.15, -0.1) is 0 Å². The normalized spacial score (nSPS) is 12.2. The van der Waals surface area contributed by atoms with Crippen LogP contribution in [0.1, 0.15) is 24.9 Å². The van der Waals surface area contributed by atoms with Crippen LogP contribution in [-0.4, -0.2) is 19.6 Å². The monoisotopic (exact) mass is 240 g/mol. The third kappa shape index (κ3) is 4.03. The molecule has 1 rings (SSSR count). The fourth-order valence-electron chi connectivity index (χ4n) is 1.48. The van der Waals surface area contributed by atoms with Gasteiger partial charge in [-0.2, -0.15) is 0 Å². The lowest BCUT2D eigenvalue weighted by Crippen LogP contribution is -2.24. The molecule has 0 unspecified atom stereocenters. The molecule has 0 saturated carbocycles. The lowest BCUT2D eigenvalue weighted by molar-refractivity contribution is -0.117. The minimum atomic E-state index is -0.395. The highest BCUT2D eigenvalue weighted by Gasteiger charge is 2.09. The van der Waals surface area contributed by atoms with E-state index in [1.807, 2.05) is 6.92 Å². The summed E-state index contributed by atoms with van der Waals surface area (Å²) in [4.78, 5) is 10.6. The number of nitrogens with two attached hydrogens (primary N) is 1. The van der Waals surface area contributed by atoms with Crippen molar-refractivity contribution in [3.63, 3.8) is 0 Å². The highest BCUT2D eigenvalue weighted by Crippen LogP contribution is 2.21. The van der Waals surface area contributed by atoms with E-state index >= 15 is 0 Å². The Hall–Kier alpha value is -1.62. The molecule has 0 bridgehead atoms. The SMILES string of the molecule is COc1ccc([C@H](C)NCCC(N)=O)cc1F. The lowest BCUT2D eigenvalue weighted by Gasteiger charge is -2.14. The van der Waals surface area contributed by atoms with Gasteiger partial charge in [0.2, 0.25) is 5.91 Å². The van der Waals surface area contributed by atoms with Crippen LogP contribution < -0.4 is 15.8 Å². The van der Waals surface area contributed by atoms with Crippen LogP contribution in [0, 0.1) is 5.82 Å². The van der Waals surface area contributed by atoms with Crippen LogP contribution in [0.5, 0.6) is 5.75 Å². The van der Waals surface area contributed by atoms with E-state index in [9.17, 15) is 9.18 Å². The molecule has 3 N–H and O–H groups in total. The standard InChI is InChI=1S/C12H17FN2O2/c1-8(15-6-5-12(14)16)9-3-4-11(17-2)10(13)7-9/h3-4,7-8,15H,5-6H2,1-2H3,(H2,14,16)/t8-/m0/s1. The third-order valence-electron chi connectivity index (χ3n) is 2.50. The molecule has 5 heteroatoms. The minimum Gasteiger partial charge on any atom is -0.494 e. The molecule has 1 atom stereocenters. The maximum Gasteiger partial charge on any atom is 0.218 e. The molecule has 1 aromatic rings. The van der Waals surface area contributed by atoms with Crippen LogP contribution in [0.4, 0.5) is 4.39 Å². The third-order valence-corrected chi connectivity index (χ3v) is 2.50. The predicted octanol–water partition coefficient (Wildman–Crippen LogP) is 1.36. The van der Waals surface area contributed by atoms with E-state index < -0.39 is 5.82 Å². The van der Waals surface area contributed by atoms with Gasteiger partial charge in [0, 0.05) is 19.0 Å². The number of ether oxygens (including phenoxy) is 1. The van der Waals surface area contributed by atoms with Gasteiger partial charge in [-0.3, -0.25) is 4.79 Å². The number of primary amides is 1. The van der Waals surface area contributed by atoms with Crippen molar-refractivity contribution in [2.75, 3.05) is 13.7 Å². The zero-order valence-corrected chi connectivity index (χ0v) is 10.00. The molecule has 0 aliphatic rings. The van der Waals surface area contributed by atoms with E-state index in [2.05, 4.69) is 5.32 Å². The molecule has 1 aromatic carbocycles. The minimum absolute atomic E-state index is 0.0465. The molecular weight excluding hydrogens is 223 g/mol. The Balaban J connectivity index is 2.59. The van der Waals surface area contributed by atoms with Gasteiger partial charge in [-0.25, -0.2) is 4.39 Å². The van der Waals surface area contributed by atoms with E-state index in [1.54, 1.807) is 12.1 Å². The van der Waals surface area contributed by atoms with Crippen molar-refractivity contribution in [3.8, 4) is 5.75 Å². The van der Waals surface area contributed by atoms with E-state index in [-0.39, 0.29) is 24.1 Å². The quantitative estimate of drug-likeness (QED) is 0.789. The molecule has 0 fully saturated rings. The number of hydrogen-bond donors (Lipinski definition) is 2. The van der Waals surface area contributed by atoms with Crippen molar-refractivity contribution < 1.29 is 13.9 Å². The molecule has 0 aromatic heterocycles. The largest absolute Gasteiger partial charge is 0.494 e. The first-order valence-corrected chi connectivity index (χ1v) is 5.39. The number of nitrogens with one attached hydrogen (secondary N) is 1. The van der Waals surface area contributed by atoms with Crippen molar-refractivity contribution in [1.82, 2.24) is 5.32 Å². The summed E-state index contributed by atoms with van der Waals surface area (Å²) in [7, 11) is 1.42. The molecule has 1 amide bonds. The Kier molecular flexibility index (Phi) is 4.90. The number of benzene rings is 1. The Bertz CT molecular complexity index is 396. The molecule has 0 aliphatic heterocycles. The summed E-state index contributed by atoms with van der Waals surface area (Å²) in [6.45, 7) is 2.37. The number of methoxy groups -OCH3 is 1. The Morgan fingerprint density at radius 2 is 2.29 bits per heavy atom. The Morgan fingerprint density at radius 1 is 1.59 bits per heavy atom. The average Bonchev–Trinajstić information content (AvgIpc) is 2.28. The molecular formula is C12H17FN2O2. The lowest BCUT2D eigenvalue weighted by atomic mass is 10.1. The van der Waals surface area contributed by atoms with E-state index in [1.165, 1.54) is 13.2 Å². The van der Waals surface area contributed by atoms with Crippen LogP contribution in [0.25, 0.3) is 0 Å². The first-order chi connectivity index (χ1) is 8.04. The molecule has 0 spiro atoms. The van der Waals surface area contributed by atoms with Crippen LogP contribution in [0.2, 0.25) is 0 Å². The van der Waals surface area contributed by atoms with Crippen LogP contribution in [0.3, 0.4) is 0 Å². The number of rotatable bonds is 6. The summed E-state index contributed by atoms with van der Waals surface area (Å²) in [6.07, 6.45) is 0.267. The summed E-state index contributed by atoms with van der Waals surface area (Å²) >= 11 is 0. The number of halogens is 1.